The molecule has 14 heavy (non-hydrogen) atoms. The third-order valence-corrected chi connectivity index (χ3v) is 2.10. The molecule has 78 valence electrons. The van der Waals surface area contributed by atoms with Crippen molar-refractivity contribution in [3.8, 4) is 0 Å². The van der Waals surface area contributed by atoms with Gasteiger partial charge in [-0.15, -0.1) is 0 Å². The van der Waals surface area contributed by atoms with Gasteiger partial charge in [-0.2, -0.15) is 0 Å². The van der Waals surface area contributed by atoms with E-state index in [0.29, 0.717) is 18.7 Å². The van der Waals surface area contributed by atoms with E-state index in [1.807, 2.05) is 13.8 Å². The molecule has 0 spiro atoms. The number of rotatable bonds is 4. The first-order valence-corrected chi connectivity index (χ1v) is 4.70. The van der Waals surface area contributed by atoms with Crippen LogP contribution in [0.2, 0.25) is 0 Å². The van der Waals surface area contributed by atoms with Crippen LogP contribution in [0.5, 0.6) is 0 Å². The summed E-state index contributed by atoms with van der Waals surface area (Å²) in [5.74, 6) is 0.160. The fourth-order valence-electron chi connectivity index (χ4n) is 1.24. The number of hydrogen-bond acceptors (Lipinski definition) is 3. The average molecular weight is 197 g/mol. The maximum Gasteiger partial charge on any atom is 0.289 e. The van der Waals surface area contributed by atoms with Gasteiger partial charge in [0.2, 0.25) is 0 Å². The van der Waals surface area contributed by atoms with E-state index in [2.05, 4.69) is 0 Å². The zero-order valence-electron chi connectivity index (χ0n) is 8.49. The Kier molecular flexibility index (Phi) is 3.71. The van der Waals surface area contributed by atoms with Gasteiger partial charge in [0.1, 0.15) is 0 Å². The summed E-state index contributed by atoms with van der Waals surface area (Å²) in [5, 5.41) is 8.80. The van der Waals surface area contributed by atoms with Gasteiger partial charge in [0, 0.05) is 18.7 Å². The Morgan fingerprint density at radius 2 is 2.14 bits per heavy atom. The summed E-state index contributed by atoms with van der Waals surface area (Å²) in [6.45, 7) is 5.04. The highest BCUT2D eigenvalue weighted by Gasteiger charge is 2.15. The summed E-state index contributed by atoms with van der Waals surface area (Å²) in [6, 6.07) is 1.57. The lowest BCUT2D eigenvalue weighted by atomic mass is 10.3. The third kappa shape index (κ3) is 2.14. The van der Waals surface area contributed by atoms with Crippen LogP contribution in [-0.4, -0.2) is 29.0 Å². The number of hydrogen-bond donors (Lipinski definition) is 1. The van der Waals surface area contributed by atoms with Crippen molar-refractivity contribution in [3.63, 3.8) is 0 Å². The van der Waals surface area contributed by atoms with Crippen LogP contribution in [0.25, 0.3) is 0 Å². The summed E-state index contributed by atoms with van der Waals surface area (Å²) < 4.78 is 5.05. The van der Waals surface area contributed by atoms with Gasteiger partial charge in [0.15, 0.2) is 5.76 Å². The van der Waals surface area contributed by atoms with E-state index in [-0.39, 0.29) is 18.3 Å². The van der Waals surface area contributed by atoms with Gasteiger partial charge in [-0.25, -0.2) is 0 Å². The van der Waals surface area contributed by atoms with Crippen molar-refractivity contribution >= 4 is 5.91 Å². The lowest BCUT2D eigenvalue weighted by molar-refractivity contribution is 0.0741. The predicted molar refractivity (Wildman–Crippen MR) is 51.9 cm³/mol. The standard InChI is InChI=1S/C10H15NO3/c1-3-11(4-2)10(13)9-5-8(6-12)7-14-9/h5,7,12H,3-4,6H2,1-2H3. The van der Waals surface area contributed by atoms with Crippen LogP contribution >= 0.6 is 0 Å². The number of furan rings is 1. The topological polar surface area (TPSA) is 53.7 Å². The number of nitrogens with zero attached hydrogens (tertiary/aromatic N) is 1. The molecular formula is C10H15NO3. The van der Waals surface area contributed by atoms with Gasteiger partial charge in [-0.1, -0.05) is 0 Å². The minimum absolute atomic E-state index is 0.102. The molecule has 1 amide bonds. The van der Waals surface area contributed by atoms with Crippen LogP contribution in [-0.2, 0) is 6.61 Å². The molecule has 0 unspecified atom stereocenters. The molecule has 0 fully saturated rings. The highest BCUT2D eigenvalue weighted by molar-refractivity contribution is 5.91. The molecule has 1 rings (SSSR count). The molecule has 0 saturated heterocycles. The van der Waals surface area contributed by atoms with Gasteiger partial charge < -0.3 is 14.4 Å². The van der Waals surface area contributed by atoms with E-state index in [0.717, 1.165) is 0 Å². The third-order valence-electron chi connectivity index (χ3n) is 2.10. The Labute approximate surface area is 83.1 Å². The highest BCUT2D eigenvalue weighted by atomic mass is 16.3. The van der Waals surface area contributed by atoms with Crippen LogP contribution in [0.4, 0.5) is 0 Å². The fourth-order valence-corrected chi connectivity index (χ4v) is 1.24. The van der Waals surface area contributed by atoms with Crippen molar-refractivity contribution in [2.24, 2.45) is 0 Å². The zero-order chi connectivity index (χ0) is 10.6. The largest absolute Gasteiger partial charge is 0.459 e. The van der Waals surface area contributed by atoms with Crippen molar-refractivity contribution in [2.45, 2.75) is 20.5 Å². The summed E-state index contributed by atoms with van der Waals surface area (Å²) in [6.07, 6.45) is 1.40. The van der Waals surface area contributed by atoms with E-state index in [9.17, 15) is 4.79 Å². The van der Waals surface area contributed by atoms with Gasteiger partial charge in [-0.3, -0.25) is 4.79 Å². The molecule has 0 atom stereocenters. The quantitative estimate of drug-likeness (QED) is 0.790. The maximum absolute atomic E-state index is 11.7. The van der Waals surface area contributed by atoms with E-state index in [1.165, 1.54) is 6.26 Å². The van der Waals surface area contributed by atoms with Crippen molar-refractivity contribution in [3.05, 3.63) is 23.7 Å². The van der Waals surface area contributed by atoms with Crippen LogP contribution in [0, 0.1) is 0 Å². The molecule has 0 saturated carbocycles. The first-order chi connectivity index (χ1) is 6.72. The Hall–Kier alpha value is -1.29. The number of carbonyl (C=O) groups excluding carboxylic acids is 1. The number of aliphatic hydroxyl groups excluding tert-OH is 1. The molecule has 4 nitrogen and oxygen atoms in total. The van der Waals surface area contributed by atoms with E-state index >= 15 is 0 Å². The summed E-state index contributed by atoms with van der Waals surface area (Å²) in [4.78, 5) is 13.4. The molecule has 0 bridgehead atoms. The molecular weight excluding hydrogens is 182 g/mol. The lowest BCUT2D eigenvalue weighted by Crippen LogP contribution is -2.30. The summed E-state index contributed by atoms with van der Waals surface area (Å²) in [7, 11) is 0. The zero-order valence-corrected chi connectivity index (χ0v) is 8.49. The van der Waals surface area contributed by atoms with Crippen LogP contribution in [0.15, 0.2) is 16.7 Å². The molecule has 1 N–H and O–H groups in total. The van der Waals surface area contributed by atoms with Crippen molar-refractivity contribution in [2.75, 3.05) is 13.1 Å². The second-order valence-electron chi connectivity index (χ2n) is 2.95. The van der Waals surface area contributed by atoms with Crippen LogP contribution in [0.1, 0.15) is 30.0 Å². The number of aliphatic hydroxyl groups is 1. The molecule has 4 heteroatoms. The molecule has 1 heterocycles. The Morgan fingerprint density at radius 1 is 1.50 bits per heavy atom. The van der Waals surface area contributed by atoms with Gasteiger partial charge in [0.25, 0.3) is 5.91 Å². The molecule has 0 radical (unpaired) electrons. The van der Waals surface area contributed by atoms with E-state index in [4.69, 9.17) is 9.52 Å². The smallest absolute Gasteiger partial charge is 0.289 e. The first-order valence-electron chi connectivity index (χ1n) is 4.70. The maximum atomic E-state index is 11.7. The number of carbonyl (C=O) groups is 1. The molecule has 0 aromatic carbocycles. The van der Waals surface area contributed by atoms with Crippen molar-refractivity contribution in [1.82, 2.24) is 4.90 Å². The molecule has 0 aliphatic rings. The minimum atomic E-state index is -0.130. The van der Waals surface area contributed by atoms with Gasteiger partial charge >= 0.3 is 0 Å². The fraction of sp³-hybridized carbons (Fsp3) is 0.500. The van der Waals surface area contributed by atoms with Crippen molar-refractivity contribution < 1.29 is 14.3 Å². The van der Waals surface area contributed by atoms with Gasteiger partial charge in [-0.05, 0) is 19.9 Å². The minimum Gasteiger partial charge on any atom is -0.459 e. The SMILES string of the molecule is CCN(CC)C(=O)c1cc(CO)co1. The summed E-state index contributed by atoms with van der Waals surface area (Å²) >= 11 is 0. The van der Waals surface area contributed by atoms with Gasteiger partial charge in [0.05, 0.1) is 12.9 Å². The Morgan fingerprint density at radius 3 is 2.57 bits per heavy atom. The van der Waals surface area contributed by atoms with E-state index < -0.39 is 0 Å². The second-order valence-corrected chi connectivity index (χ2v) is 2.95. The lowest BCUT2D eigenvalue weighted by Gasteiger charge is -2.16. The van der Waals surface area contributed by atoms with Crippen LogP contribution in [0.3, 0.4) is 0 Å². The van der Waals surface area contributed by atoms with Crippen molar-refractivity contribution in [1.29, 1.82) is 0 Å². The first kappa shape index (κ1) is 10.8. The Balaban J connectivity index is 2.77. The predicted octanol–water partition coefficient (Wildman–Crippen LogP) is 1.25. The Bertz CT molecular complexity index is 302. The monoisotopic (exact) mass is 197 g/mol. The van der Waals surface area contributed by atoms with Crippen LogP contribution < -0.4 is 0 Å². The average Bonchev–Trinajstić information content (AvgIpc) is 2.67. The molecule has 1 aromatic heterocycles. The number of amides is 1. The molecule has 0 aliphatic heterocycles. The normalized spacial score (nSPS) is 10.2. The second kappa shape index (κ2) is 4.81. The van der Waals surface area contributed by atoms with E-state index in [1.54, 1.807) is 11.0 Å². The highest BCUT2D eigenvalue weighted by Crippen LogP contribution is 2.10. The molecule has 1 aromatic rings. The summed E-state index contributed by atoms with van der Waals surface area (Å²) in [5.41, 5.74) is 0.625. The molecule has 0 aliphatic carbocycles.